The zero-order chi connectivity index (χ0) is 59.4. The Morgan fingerprint density at radius 1 is 0.468 bits per heavy atom. The van der Waals surface area contributed by atoms with Gasteiger partial charge in [-0.25, -0.2) is 0 Å². The molecule has 4 heterocycles. The van der Waals surface area contributed by atoms with Crippen LogP contribution >= 0.6 is 0 Å². The molecular formula is C36H66N16O26S. The molecule has 4 saturated heterocycles. The van der Waals surface area contributed by atoms with E-state index in [1.807, 2.05) is 0 Å². The summed E-state index contributed by atoms with van der Waals surface area (Å²) in [4.78, 5) is 10.5. The van der Waals surface area contributed by atoms with Crippen LogP contribution in [0.15, 0.2) is 20.5 Å². The summed E-state index contributed by atoms with van der Waals surface area (Å²) in [5.41, 5.74) is 59.1. The van der Waals surface area contributed by atoms with Gasteiger partial charge in [-0.3, -0.25) is 9.11 Å². The van der Waals surface area contributed by atoms with Crippen molar-refractivity contribution in [3.8, 4) is 0 Å². The molecule has 0 radical (unpaired) electrons. The van der Waals surface area contributed by atoms with Crippen molar-refractivity contribution in [1.82, 2.24) is 0 Å². The van der Waals surface area contributed by atoms with E-state index in [1.165, 1.54) is 0 Å². The molecule has 6 rings (SSSR count). The lowest BCUT2D eigenvalue weighted by molar-refractivity contribution is -0.332. The third-order valence-corrected chi connectivity index (χ3v) is 13.4. The molecule has 6 fully saturated rings. The molecule has 2 saturated carbocycles. The number of nitrogens with zero attached hydrogens (tertiary/aromatic N) is 12. The van der Waals surface area contributed by atoms with Crippen LogP contribution in [0.1, 0.15) is 12.8 Å². The van der Waals surface area contributed by atoms with Gasteiger partial charge in [0.15, 0.2) is 25.2 Å². The topological polar surface area (TPSA) is 731 Å². The van der Waals surface area contributed by atoms with E-state index < -0.39 is 214 Å². The van der Waals surface area contributed by atoms with Gasteiger partial charge < -0.3 is 132 Å². The summed E-state index contributed by atoms with van der Waals surface area (Å²) in [5.74, 6) is 0. The maximum atomic E-state index is 11.3. The highest BCUT2D eigenvalue weighted by Crippen LogP contribution is 2.37. The van der Waals surface area contributed by atoms with Gasteiger partial charge in [-0.05, 0) is 35.0 Å². The predicted octanol–water partition coefficient (Wildman–Crippen LogP) is -9.83. The molecule has 2 aliphatic carbocycles. The number of rotatable bonds is 16. The second kappa shape index (κ2) is 30.4. The molecule has 43 heteroatoms. The smallest absolute Gasteiger partial charge is 0.394 e. The van der Waals surface area contributed by atoms with E-state index in [-0.39, 0.29) is 19.4 Å². The van der Waals surface area contributed by atoms with Crippen LogP contribution in [0, 0.1) is 0 Å². The molecule has 452 valence electrons. The maximum absolute atomic E-state index is 11.3. The van der Waals surface area contributed by atoms with Crippen molar-refractivity contribution in [3.05, 3.63) is 41.8 Å². The van der Waals surface area contributed by atoms with Gasteiger partial charge in [0.1, 0.15) is 97.7 Å². The lowest BCUT2D eigenvalue weighted by Gasteiger charge is -2.48. The predicted molar refractivity (Wildman–Crippen MR) is 250 cm³/mol. The zero-order valence-electron chi connectivity index (χ0n) is 40.9. The van der Waals surface area contributed by atoms with Crippen molar-refractivity contribution in [2.75, 3.05) is 26.3 Å². The SMILES string of the molecule is NCC1O[C@H](OC2C(N)CC(N)[C@@H](OC3O[C@H](CO)[C@@H](O)C(N)[C@H]3O)[C@H]2O)C(O)[C@@H](O)[C@@H]1O.O=S(=O)(O)O.[N-]=[N+]=NCC1O[C@H](OC2C(N=[N+]=[N-])CC(N=[N+]=[N-])[C@@H](OC3O[C@H](CO)[C@@H](O)C(N=[N+]=[N-])[C@H]3O)[C@H]2O)C(O)[C@@H](O)[C@@H]1O. The first-order valence-electron chi connectivity index (χ1n) is 23.6. The Hall–Kier alpha value is -3.93. The molecule has 0 aromatic carbocycles. The van der Waals surface area contributed by atoms with E-state index in [1.54, 1.807) is 0 Å². The summed E-state index contributed by atoms with van der Waals surface area (Å²) in [6.07, 6.45) is -37.1. The molecule has 42 nitrogen and oxygen atoms in total. The van der Waals surface area contributed by atoms with Crippen LogP contribution in [-0.2, 0) is 48.3 Å². The first-order valence-corrected chi connectivity index (χ1v) is 25.0. The van der Waals surface area contributed by atoms with Crippen LogP contribution in [-0.4, -0.2) is 299 Å². The van der Waals surface area contributed by atoms with Crippen molar-refractivity contribution >= 4 is 10.4 Å². The quantitative estimate of drug-likeness (QED) is 0.0295. The van der Waals surface area contributed by atoms with Gasteiger partial charge in [0.2, 0.25) is 0 Å². The van der Waals surface area contributed by atoms with Gasteiger partial charge in [-0.1, -0.05) is 20.5 Å². The Balaban J connectivity index is 0.000000319. The van der Waals surface area contributed by atoms with Crippen molar-refractivity contribution in [1.29, 1.82) is 0 Å². The molecule has 0 aromatic rings. The summed E-state index contributed by atoms with van der Waals surface area (Å²) >= 11 is 0. The number of nitrogens with two attached hydrogens (primary N) is 4. The largest absolute Gasteiger partial charge is 0.394 e. The van der Waals surface area contributed by atoms with Gasteiger partial charge in [0.25, 0.3) is 0 Å². The van der Waals surface area contributed by atoms with Crippen LogP contribution in [0.4, 0.5) is 0 Å². The highest BCUT2D eigenvalue weighted by Gasteiger charge is 2.55. The van der Waals surface area contributed by atoms with E-state index in [0.29, 0.717) is 0 Å². The fourth-order valence-electron chi connectivity index (χ4n) is 9.24. The molecule has 0 spiro atoms. The average molecular weight is 1170 g/mol. The standard InChI is InChI=1S/C18H28N12O11.C18H36N4O11.H2O4S/c19-27-23-2-6-10(33)12(35)13(36)18(38-6)41-16-5(25-29-21)1-4(24-28-20)15(14(16)37)40-17-11(34)8(26-30-22)9(32)7(3-31)39-17;19-2-6-10(25)12(27)13(28)18(30-6)33-16-5(21)1-4(20)15(14(16)29)32-17-11(26)8(22)9(24)7(3-23)31-17;1-5(2,3)4/h4-18,31-37H,1-3H2;4-18,23-29H,1-3,19-22H2;(H2,1,2,3,4)/t2*4?,5?,6?,7-,8?,9-,10-,11-,12+,13?,14-,15-,16?,17?,18-;/m11./s1. The van der Waals surface area contributed by atoms with Crippen molar-refractivity contribution in [3.63, 3.8) is 0 Å². The molecular weight excluding hydrogens is 1100 g/mol. The maximum Gasteiger partial charge on any atom is 0.394 e. The third-order valence-electron chi connectivity index (χ3n) is 13.4. The summed E-state index contributed by atoms with van der Waals surface area (Å²) in [6, 6.07) is -7.00. The number of azide groups is 4. The van der Waals surface area contributed by atoms with Crippen molar-refractivity contribution in [2.45, 2.75) is 196 Å². The number of hydrogen-bond acceptors (Lipinski definition) is 32. The monoisotopic (exact) mass is 1170 g/mol. The van der Waals surface area contributed by atoms with E-state index in [0.717, 1.165) is 0 Å². The fraction of sp³-hybridized carbons (Fsp3) is 1.00. The number of aliphatic hydroxyl groups is 14. The molecule has 79 heavy (non-hydrogen) atoms. The Labute approximate surface area is 444 Å². The van der Waals surface area contributed by atoms with E-state index in [9.17, 15) is 71.5 Å². The molecule has 0 amide bonds. The summed E-state index contributed by atoms with van der Waals surface area (Å²) < 4.78 is 76.0. The minimum absolute atomic E-state index is 0.0849. The molecule has 24 N–H and O–H groups in total. The minimum atomic E-state index is -4.67. The van der Waals surface area contributed by atoms with E-state index in [4.69, 9.17) is 100 Å². The number of aliphatic hydroxyl groups excluding tert-OH is 14. The minimum Gasteiger partial charge on any atom is -0.394 e. The third kappa shape index (κ3) is 16.9. The summed E-state index contributed by atoms with van der Waals surface area (Å²) in [6.45, 7) is -2.02. The van der Waals surface area contributed by atoms with Gasteiger partial charge in [-0.2, -0.15) is 8.42 Å². The van der Waals surface area contributed by atoms with Crippen LogP contribution < -0.4 is 22.9 Å². The Bertz CT molecular complexity index is 2180. The lowest BCUT2D eigenvalue weighted by atomic mass is 9.84. The second-order valence-corrected chi connectivity index (χ2v) is 19.4. The zero-order valence-corrected chi connectivity index (χ0v) is 41.7. The average Bonchev–Trinajstić information content (AvgIpc) is 3.42. The van der Waals surface area contributed by atoms with Gasteiger partial charge in [0.05, 0.1) is 68.3 Å². The van der Waals surface area contributed by atoms with E-state index in [2.05, 4.69) is 40.1 Å². The first kappa shape index (κ1) is 67.6. The first-order chi connectivity index (χ1) is 37.1. The van der Waals surface area contributed by atoms with Gasteiger partial charge in [0, 0.05) is 38.3 Å². The van der Waals surface area contributed by atoms with Crippen LogP contribution in [0.2, 0.25) is 0 Å². The van der Waals surface area contributed by atoms with Gasteiger partial charge >= 0.3 is 10.4 Å². The molecule has 0 aromatic heterocycles. The summed E-state index contributed by atoms with van der Waals surface area (Å²) in [7, 11) is -4.67. The van der Waals surface area contributed by atoms with Crippen LogP contribution in [0.5, 0.6) is 0 Å². The molecule has 14 unspecified atom stereocenters. The molecule has 6 aliphatic rings. The summed E-state index contributed by atoms with van der Waals surface area (Å²) in [5, 5.41) is 157. The van der Waals surface area contributed by atoms with Crippen LogP contribution in [0.25, 0.3) is 41.8 Å². The molecule has 4 aliphatic heterocycles. The van der Waals surface area contributed by atoms with Crippen molar-refractivity contribution in [2.24, 2.45) is 43.4 Å². The Morgan fingerprint density at radius 3 is 1.28 bits per heavy atom. The van der Waals surface area contributed by atoms with Crippen molar-refractivity contribution < 1.29 is 127 Å². The lowest BCUT2D eigenvalue weighted by Crippen LogP contribution is -2.68. The molecule has 30 atom stereocenters. The van der Waals surface area contributed by atoms with Crippen LogP contribution in [0.3, 0.4) is 0 Å². The van der Waals surface area contributed by atoms with Gasteiger partial charge in [-0.15, -0.1) is 0 Å². The van der Waals surface area contributed by atoms with E-state index >= 15 is 0 Å². The Kier molecular flexibility index (Phi) is 26.0. The highest BCUT2D eigenvalue weighted by molar-refractivity contribution is 7.79. The second-order valence-electron chi connectivity index (χ2n) is 18.5. The number of ether oxygens (including phenoxy) is 8. The highest BCUT2D eigenvalue weighted by atomic mass is 32.3. The normalized spacial score (nSPS) is 46.2. The number of hydrogen-bond donors (Lipinski definition) is 20. The Morgan fingerprint density at radius 2 is 0.848 bits per heavy atom. The fourth-order valence-corrected chi connectivity index (χ4v) is 9.24. The molecule has 0 bridgehead atoms.